The fourth-order valence-electron chi connectivity index (χ4n) is 1.34. The van der Waals surface area contributed by atoms with Crippen molar-refractivity contribution in [2.75, 3.05) is 29.6 Å². The number of hydrogen-bond acceptors (Lipinski definition) is 6. The molecule has 17 heavy (non-hydrogen) atoms. The van der Waals surface area contributed by atoms with Crippen molar-refractivity contribution in [3.63, 3.8) is 0 Å². The summed E-state index contributed by atoms with van der Waals surface area (Å²) in [6, 6.07) is 3.57. The Kier molecular flexibility index (Phi) is 4.61. The molecule has 0 saturated heterocycles. The molecular formula is C11H16N4OS. The molecular weight excluding hydrogens is 236 g/mol. The Balaban J connectivity index is 2.73. The number of aliphatic hydroxyl groups is 1. The van der Waals surface area contributed by atoms with Gasteiger partial charge >= 0.3 is 0 Å². The van der Waals surface area contributed by atoms with Crippen LogP contribution in [0.4, 0.5) is 11.5 Å². The lowest BCUT2D eigenvalue weighted by Crippen LogP contribution is -2.36. The molecule has 4 N–H and O–H groups in total. The van der Waals surface area contributed by atoms with E-state index in [1.807, 2.05) is 12.3 Å². The fourth-order valence-corrected chi connectivity index (χ4v) is 2.07. The van der Waals surface area contributed by atoms with Crippen LogP contribution in [0.3, 0.4) is 0 Å². The third-order valence-corrected chi connectivity index (χ3v) is 3.03. The van der Waals surface area contributed by atoms with Crippen molar-refractivity contribution >= 4 is 23.3 Å². The van der Waals surface area contributed by atoms with Crippen LogP contribution >= 0.6 is 11.8 Å². The molecule has 0 spiro atoms. The summed E-state index contributed by atoms with van der Waals surface area (Å²) in [4.78, 5) is 4.04. The van der Waals surface area contributed by atoms with Crippen LogP contribution in [0.2, 0.25) is 0 Å². The molecule has 1 atom stereocenters. The number of anilines is 2. The number of rotatable bonds is 5. The number of nitrogens with one attached hydrogen (secondary N) is 1. The second kappa shape index (κ2) is 5.75. The van der Waals surface area contributed by atoms with Crippen LogP contribution in [-0.2, 0) is 0 Å². The van der Waals surface area contributed by atoms with Gasteiger partial charge in [-0.25, -0.2) is 4.98 Å². The van der Waals surface area contributed by atoms with E-state index in [2.05, 4.69) is 10.3 Å². The summed E-state index contributed by atoms with van der Waals surface area (Å²) in [6.07, 6.45) is 3.41. The maximum atomic E-state index is 9.98. The maximum Gasteiger partial charge on any atom is 0.144 e. The summed E-state index contributed by atoms with van der Waals surface area (Å²) in [6.45, 7) is 2.07. The van der Waals surface area contributed by atoms with Crippen molar-refractivity contribution in [3.8, 4) is 6.07 Å². The molecule has 1 unspecified atom stereocenters. The van der Waals surface area contributed by atoms with Gasteiger partial charge in [-0.2, -0.15) is 17.0 Å². The molecule has 92 valence electrons. The molecule has 5 nitrogen and oxygen atoms in total. The molecule has 0 aliphatic heterocycles. The van der Waals surface area contributed by atoms with Crippen LogP contribution < -0.4 is 11.1 Å². The Hall–Kier alpha value is -1.45. The summed E-state index contributed by atoms with van der Waals surface area (Å²) in [5.41, 5.74) is 5.53. The lowest BCUT2D eigenvalue weighted by Gasteiger charge is -2.23. The summed E-state index contributed by atoms with van der Waals surface area (Å²) < 4.78 is 0. The van der Waals surface area contributed by atoms with E-state index in [9.17, 15) is 5.11 Å². The highest BCUT2D eigenvalue weighted by atomic mass is 32.2. The van der Waals surface area contributed by atoms with Crippen molar-refractivity contribution in [2.24, 2.45) is 0 Å². The minimum Gasteiger partial charge on any atom is -0.397 e. The smallest absolute Gasteiger partial charge is 0.144 e. The number of nitrogens with two attached hydrogens (primary N) is 1. The highest BCUT2D eigenvalue weighted by Crippen LogP contribution is 2.16. The molecule has 1 rings (SSSR count). The quantitative estimate of drug-likeness (QED) is 0.725. The number of nitriles is 1. The first kappa shape index (κ1) is 13.6. The van der Waals surface area contributed by atoms with Crippen molar-refractivity contribution in [2.45, 2.75) is 12.5 Å². The topological polar surface area (TPSA) is 95.0 Å². The third-order valence-electron chi connectivity index (χ3n) is 2.12. The molecule has 0 saturated carbocycles. The number of nitrogens with zero attached hydrogens (tertiary/aromatic N) is 2. The number of nitrogen functional groups attached to an aromatic ring is 1. The molecule has 1 heterocycles. The van der Waals surface area contributed by atoms with Gasteiger partial charge < -0.3 is 16.2 Å². The first-order valence-corrected chi connectivity index (χ1v) is 6.49. The Bertz CT molecular complexity index is 428. The zero-order valence-electron chi connectivity index (χ0n) is 9.90. The first-order valence-electron chi connectivity index (χ1n) is 5.09. The van der Waals surface area contributed by atoms with E-state index in [4.69, 9.17) is 11.0 Å². The molecule has 0 radical (unpaired) electrons. The summed E-state index contributed by atoms with van der Waals surface area (Å²) in [5, 5.41) is 21.9. The number of pyridine rings is 1. The van der Waals surface area contributed by atoms with Gasteiger partial charge in [0.15, 0.2) is 0 Å². The molecule has 6 heteroatoms. The van der Waals surface area contributed by atoms with Gasteiger partial charge in [0.1, 0.15) is 11.9 Å². The fraction of sp³-hybridized carbons (Fsp3) is 0.455. The largest absolute Gasteiger partial charge is 0.397 e. The molecule has 1 aromatic rings. The molecule has 0 bridgehead atoms. The standard InChI is InChI=1S/C11H16N4OS/c1-11(16,7-17-2)6-15-10-8(4-12)3-9(13)5-14-10/h3,5,16H,6-7,13H2,1-2H3,(H,14,15). The highest BCUT2D eigenvalue weighted by Gasteiger charge is 2.20. The monoisotopic (exact) mass is 252 g/mol. The highest BCUT2D eigenvalue weighted by molar-refractivity contribution is 7.98. The minimum atomic E-state index is -0.838. The van der Waals surface area contributed by atoms with Gasteiger partial charge in [0, 0.05) is 12.3 Å². The van der Waals surface area contributed by atoms with Crippen LogP contribution in [0.15, 0.2) is 12.3 Å². The zero-order chi connectivity index (χ0) is 12.9. The van der Waals surface area contributed by atoms with Crippen LogP contribution in [0.25, 0.3) is 0 Å². The molecule has 1 aromatic heterocycles. The Morgan fingerprint density at radius 1 is 1.71 bits per heavy atom. The van der Waals surface area contributed by atoms with Gasteiger partial charge in [0.25, 0.3) is 0 Å². The number of aromatic nitrogens is 1. The van der Waals surface area contributed by atoms with Gasteiger partial charge in [0.05, 0.1) is 23.0 Å². The minimum absolute atomic E-state index is 0.333. The number of hydrogen-bond donors (Lipinski definition) is 3. The SMILES string of the molecule is CSCC(C)(O)CNc1ncc(N)cc1C#N. The van der Waals surface area contributed by atoms with Gasteiger partial charge in [-0.05, 0) is 19.2 Å². The van der Waals surface area contributed by atoms with Gasteiger partial charge in [-0.15, -0.1) is 0 Å². The second-order valence-electron chi connectivity index (χ2n) is 4.06. The Labute approximate surface area is 105 Å². The lowest BCUT2D eigenvalue weighted by molar-refractivity contribution is 0.0996. The zero-order valence-corrected chi connectivity index (χ0v) is 10.7. The third kappa shape index (κ3) is 4.13. The van der Waals surface area contributed by atoms with Crippen LogP contribution in [0.5, 0.6) is 0 Å². The summed E-state index contributed by atoms with van der Waals surface area (Å²) in [5.74, 6) is 1.06. The molecule has 0 aromatic carbocycles. The Morgan fingerprint density at radius 3 is 3.00 bits per heavy atom. The molecule has 0 amide bonds. The van der Waals surface area contributed by atoms with Crippen molar-refractivity contribution in [1.82, 2.24) is 4.98 Å². The normalized spacial score (nSPS) is 13.8. The van der Waals surface area contributed by atoms with Gasteiger partial charge in [0.2, 0.25) is 0 Å². The van der Waals surface area contributed by atoms with Crippen LogP contribution in [-0.4, -0.2) is 34.2 Å². The average Bonchev–Trinajstić information content (AvgIpc) is 2.27. The van der Waals surface area contributed by atoms with Crippen LogP contribution in [0.1, 0.15) is 12.5 Å². The van der Waals surface area contributed by atoms with Gasteiger partial charge in [-0.3, -0.25) is 0 Å². The first-order chi connectivity index (χ1) is 7.98. The van der Waals surface area contributed by atoms with E-state index in [0.29, 0.717) is 29.4 Å². The van der Waals surface area contributed by atoms with Crippen LogP contribution in [0, 0.1) is 11.3 Å². The van der Waals surface area contributed by atoms with E-state index in [0.717, 1.165) is 0 Å². The molecule has 0 aliphatic rings. The predicted octanol–water partition coefficient (Wildman–Crippen LogP) is 1.06. The Morgan fingerprint density at radius 2 is 2.41 bits per heavy atom. The number of thioether (sulfide) groups is 1. The lowest BCUT2D eigenvalue weighted by atomic mass is 10.1. The van der Waals surface area contributed by atoms with Crippen molar-refractivity contribution in [3.05, 3.63) is 17.8 Å². The summed E-state index contributed by atoms with van der Waals surface area (Å²) >= 11 is 1.56. The second-order valence-corrected chi connectivity index (χ2v) is 4.93. The van der Waals surface area contributed by atoms with Crippen molar-refractivity contribution < 1.29 is 5.11 Å². The van der Waals surface area contributed by atoms with Crippen molar-refractivity contribution in [1.29, 1.82) is 5.26 Å². The van der Waals surface area contributed by atoms with E-state index in [1.54, 1.807) is 24.8 Å². The van der Waals surface area contributed by atoms with Gasteiger partial charge in [-0.1, -0.05) is 0 Å². The molecule has 0 fully saturated rings. The average molecular weight is 252 g/mol. The van der Waals surface area contributed by atoms with E-state index in [1.165, 1.54) is 6.20 Å². The van der Waals surface area contributed by atoms with E-state index >= 15 is 0 Å². The maximum absolute atomic E-state index is 9.98. The molecule has 0 aliphatic carbocycles. The van der Waals surface area contributed by atoms with E-state index < -0.39 is 5.60 Å². The van der Waals surface area contributed by atoms with E-state index in [-0.39, 0.29) is 0 Å². The predicted molar refractivity (Wildman–Crippen MR) is 70.9 cm³/mol. The summed E-state index contributed by atoms with van der Waals surface area (Å²) in [7, 11) is 0.